The minimum atomic E-state index is -0.00407. The number of aromatic nitrogens is 2. The van der Waals surface area contributed by atoms with Gasteiger partial charge in [0, 0.05) is 18.8 Å². The number of rotatable bonds is 3. The van der Waals surface area contributed by atoms with Crippen LogP contribution in [0.4, 0.5) is 0 Å². The van der Waals surface area contributed by atoms with Crippen LogP contribution in [0.1, 0.15) is 43.4 Å². The van der Waals surface area contributed by atoms with E-state index >= 15 is 0 Å². The normalized spacial score (nSPS) is 24.3. The van der Waals surface area contributed by atoms with Gasteiger partial charge in [-0.1, -0.05) is 13.3 Å². The Morgan fingerprint density at radius 2 is 2.17 bits per heavy atom. The number of morpholine rings is 1. The summed E-state index contributed by atoms with van der Waals surface area (Å²) in [4.78, 5) is 14.1. The summed E-state index contributed by atoms with van der Waals surface area (Å²) in [7, 11) is 0. The molecule has 2 atom stereocenters. The van der Waals surface area contributed by atoms with Crippen LogP contribution in [-0.4, -0.2) is 46.3 Å². The summed E-state index contributed by atoms with van der Waals surface area (Å²) in [6, 6.07) is 1.86. The standard InChI is InChI=1S/C13H21N3O2/c1-4-5-11-6-12(15-14-11)13(17)16-7-9(2)18-10(3)8-16/h6,9-10H,4-5,7-8H2,1-3H3,(H,14,15). The number of nitrogens with zero attached hydrogens (tertiary/aromatic N) is 2. The van der Waals surface area contributed by atoms with E-state index in [1.807, 2.05) is 24.8 Å². The molecular formula is C13H21N3O2. The van der Waals surface area contributed by atoms with Crippen molar-refractivity contribution in [3.05, 3.63) is 17.5 Å². The van der Waals surface area contributed by atoms with Crippen LogP contribution in [0, 0.1) is 0 Å². The van der Waals surface area contributed by atoms with Gasteiger partial charge in [-0.3, -0.25) is 9.89 Å². The van der Waals surface area contributed by atoms with Crippen LogP contribution in [0.5, 0.6) is 0 Å². The highest BCUT2D eigenvalue weighted by Gasteiger charge is 2.27. The molecule has 5 heteroatoms. The third-order valence-corrected chi connectivity index (χ3v) is 3.08. The lowest BCUT2D eigenvalue weighted by Crippen LogP contribution is -2.48. The van der Waals surface area contributed by atoms with Gasteiger partial charge in [-0.05, 0) is 26.3 Å². The Morgan fingerprint density at radius 1 is 1.50 bits per heavy atom. The molecule has 0 spiro atoms. The Kier molecular flexibility index (Phi) is 4.01. The molecule has 1 aliphatic rings. The molecule has 0 radical (unpaired) electrons. The molecular weight excluding hydrogens is 230 g/mol. The molecule has 2 heterocycles. The molecule has 5 nitrogen and oxygen atoms in total. The number of hydrogen-bond acceptors (Lipinski definition) is 3. The van der Waals surface area contributed by atoms with E-state index in [1.54, 1.807) is 0 Å². The molecule has 1 aromatic heterocycles. The van der Waals surface area contributed by atoms with Crippen LogP contribution in [0.3, 0.4) is 0 Å². The Bertz CT molecular complexity index is 406. The zero-order valence-corrected chi connectivity index (χ0v) is 11.3. The Morgan fingerprint density at radius 3 is 2.78 bits per heavy atom. The number of ether oxygens (including phenoxy) is 1. The van der Waals surface area contributed by atoms with E-state index in [4.69, 9.17) is 4.74 Å². The Hall–Kier alpha value is -1.36. The largest absolute Gasteiger partial charge is 0.372 e. The summed E-state index contributed by atoms with van der Waals surface area (Å²) in [6.45, 7) is 7.36. The van der Waals surface area contributed by atoms with Gasteiger partial charge in [-0.2, -0.15) is 5.10 Å². The summed E-state index contributed by atoms with van der Waals surface area (Å²) in [5.41, 5.74) is 1.54. The van der Waals surface area contributed by atoms with Crippen molar-refractivity contribution >= 4 is 5.91 Å². The molecule has 1 aliphatic heterocycles. The van der Waals surface area contributed by atoms with Gasteiger partial charge in [0.2, 0.25) is 0 Å². The van der Waals surface area contributed by atoms with E-state index in [2.05, 4.69) is 17.1 Å². The highest BCUT2D eigenvalue weighted by atomic mass is 16.5. The maximum atomic E-state index is 12.3. The zero-order chi connectivity index (χ0) is 13.1. The van der Waals surface area contributed by atoms with Gasteiger partial charge in [-0.15, -0.1) is 0 Å². The quantitative estimate of drug-likeness (QED) is 0.888. The molecule has 0 aromatic carbocycles. The molecule has 2 rings (SSSR count). The monoisotopic (exact) mass is 251 g/mol. The Balaban J connectivity index is 2.05. The fourth-order valence-electron chi connectivity index (χ4n) is 2.37. The molecule has 100 valence electrons. The minimum Gasteiger partial charge on any atom is -0.372 e. The number of aryl methyl sites for hydroxylation is 1. The van der Waals surface area contributed by atoms with Gasteiger partial charge in [-0.25, -0.2) is 0 Å². The van der Waals surface area contributed by atoms with Crippen molar-refractivity contribution in [1.82, 2.24) is 15.1 Å². The number of aromatic amines is 1. The average molecular weight is 251 g/mol. The summed E-state index contributed by atoms with van der Waals surface area (Å²) in [5.74, 6) is -0.00407. The van der Waals surface area contributed by atoms with Crippen molar-refractivity contribution in [3.63, 3.8) is 0 Å². The number of carbonyl (C=O) groups excluding carboxylic acids is 1. The minimum absolute atomic E-state index is 0.00407. The molecule has 1 saturated heterocycles. The molecule has 2 unspecified atom stereocenters. The summed E-state index contributed by atoms with van der Waals surface area (Å²) in [6.07, 6.45) is 2.15. The maximum Gasteiger partial charge on any atom is 0.274 e. The molecule has 0 saturated carbocycles. The number of amides is 1. The van der Waals surface area contributed by atoms with Crippen LogP contribution in [0.15, 0.2) is 6.07 Å². The number of carbonyl (C=O) groups is 1. The van der Waals surface area contributed by atoms with E-state index in [1.165, 1.54) is 0 Å². The molecule has 1 N–H and O–H groups in total. The van der Waals surface area contributed by atoms with E-state index < -0.39 is 0 Å². The second kappa shape index (κ2) is 5.52. The van der Waals surface area contributed by atoms with Gasteiger partial charge in [0.15, 0.2) is 0 Å². The van der Waals surface area contributed by atoms with Crippen molar-refractivity contribution < 1.29 is 9.53 Å². The second-order valence-corrected chi connectivity index (χ2v) is 5.00. The molecule has 1 aromatic rings. The van der Waals surface area contributed by atoms with E-state index in [-0.39, 0.29) is 18.1 Å². The first-order chi connectivity index (χ1) is 8.60. The lowest BCUT2D eigenvalue weighted by Gasteiger charge is -2.34. The van der Waals surface area contributed by atoms with E-state index in [9.17, 15) is 4.79 Å². The van der Waals surface area contributed by atoms with Crippen molar-refractivity contribution in [2.24, 2.45) is 0 Å². The topological polar surface area (TPSA) is 58.2 Å². The van der Waals surface area contributed by atoms with Gasteiger partial charge >= 0.3 is 0 Å². The van der Waals surface area contributed by atoms with Crippen LogP contribution in [0.2, 0.25) is 0 Å². The highest BCUT2D eigenvalue weighted by Crippen LogP contribution is 2.14. The van der Waals surface area contributed by atoms with Gasteiger partial charge in [0.1, 0.15) is 5.69 Å². The first kappa shape index (κ1) is 13.1. The van der Waals surface area contributed by atoms with Crippen molar-refractivity contribution in [2.45, 2.75) is 45.8 Å². The summed E-state index contributed by atoms with van der Waals surface area (Å²) in [5, 5.41) is 7.02. The molecule has 0 aliphatic carbocycles. The SMILES string of the molecule is CCCc1cc(C(=O)N2CC(C)OC(C)C2)n[nH]1. The first-order valence-electron chi connectivity index (χ1n) is 6.59. The van der Waals surface area contributed by atoms with Crippen LogP contribution >= 0.6 is 0 Å². The van der Waals surface area contributed by atoms with Gasteiger partial charge in [0.25, 0.3) is 5.91 Å². The summed E-state index contributed by atoms with van der Waals surface area (Å²) < 4.78 is 5.62. The molecule has 18 heavy (non-hydrogen) atoms. The van der Waals surface area contributed by atoms with Crippen LogP contribution in [0.25, 0.3) is 0 Å². The lowest BCUT2D eigenvalue weighted by atomic mass is 10.2. The fourth-order valence-corrected chi connectivity index (χ4v) is 2.37. The molecule has 1 fully saturated rings. The van der Waals surface area contributed by atoms with Crippen LogP contribution < -0.4 is 0 Å². The van der Waals surface area contributed by atoms with Gasteiger partial charge in [0.05, 0.1) is 12.2 Å². The predicted molar refractivity (Wildman–Crippen MR) is 68.5 cm³/mol. The molecule has 0 bridgehead atoms. The van der Waals surface area contributed by atoms with Crippen molar-refractivity contribution in [1.29, 1.82) is 0 Å². The van der Waals surface area contributed by atoms with Crippen molar-refractivity contribution in [3.8, 4) is 0 Å². The van der Waals surface area contributed by atoms with E-state index in [0.29, 0.717) is 18.8 Å². The third kappa shape index (κ3) is 2.90. The number of hydrogen-bond donors (Lipinski definition) is 1. The lowest BCUT2D eigenvalue weighted by molar-refractivity contribution is -0.0587. The first-order valence-corrected chi connectivity index (χ1v) is 6.59. The second-order valence-electron chi connectivity index (χ2n) is 5.00. The van der Waals surface area contributed by atoms with E-state index in [0.717, 1.165) is 18.5 Å². The summed E-state index contributed by atoms with van der Waals surface area (Å²) >= 11 is 0. The number of nitrogens with one attached hydrogen (secondary N) is 1. The molecule has 1 amide bonds. The fraction of sp³-hybridized carbons (Fsp3) is 0.692. The van der Waals surface area contributed by atoms with Gasteiger partial charge < -0.3 is 9.64 Å². The van der Waals surface area contributed by atoms with Crippen LogP contribution in [-0.2, 0) is 11.2 Å². The maximum absolute atomic E-state index is 12.3. The Labute approximate surface area is 108 Å². The predicted octanol–water partition coefficient (Wildman–Crippen LogP) is 1.61. The highest BCUT2D eigenvalue weighted by molar-refractivity contribution is 5.92. The number of H-pyrrole nitrogens is 1. The smallest absolute Gasteiger partial charge is 0.274 e. The zero-order valence-electron chi connectivity index (χ0n) is 11.3. The average Bonchev–Trinajstić information content (AvgIpc) is 2.76. The van der Waals surface area contributed by atoms with Crippen molar-refractivity contribution in [2.75, 3.05) is 13.1 Å². The third-order valence-electron chi connectivity index (χ3n) is 3.08.